The maximum Gasteiger partial charge on any atom is 0.220 e. The van der Waals surface area contributed by atoms with Gasteiger partial charge in [0.15, 0.2) is 5.65 Å². The van der Waals surface area contributed by atoms with E-state index in [-0.39, 0.29) is 5.91 Å². The number of aryl methyl sites for hydroxylation is 1. The number of tetrazole rings is 1. The highest BCUT2D eigenvalue weighted by Crippen LogP contribution is 2.23. The number of nitrogens with zero attached hydrogens (tertiary/aromatic N) is 6. The van der Waals surface area contributed by atoms with E-state index in [4.69, 9.17) is 0 Å². The molecular formula is C19H18N6O. The second kappa shape index (κ2) is 6.51. The maximum atomic E-state index is 12.2. The Morgan fingerprint density at radius 1 is 1.19 bits per heavy atom. The van der Waals surface area contributed by atoms with Gasteiger partial charge in [-0.05, 0) is 40.6 Å². The van der Waals surface area contributed by atoms with Gasteiger partial charge in [0.1, 0.15) is 0 Å². The Balaban J connectivity index is 1.77. The Morgan fingerprint density at radius 3 is 2.85 bits per heavy atom. The van der Waals surface area contributed by atoms with Crippen LogP contribution in [-0.4, -0.2) is 35.8 Å². The van der Waals surface area contributed by atoms with Crippen LogP contribution in [0.1, 0.15) is 23.6 Å². The molecule has 0 fully saturated rings. The Labute approximate surface area is 150 Å². The smallest absolute Gasteiger partial charge is 0.220 e. The number of carbonyl (C=O) groups excluding carboxylic acids is 1. The lowest BCUT2D eigenvalue weighted by atomic mass is 10.1. The zero-order valence-electron chi connectivity index (χ0n) is 14.6. The van der Waals surface area contributed by atoms with E-state index in [9.17, 15) is 4.79 Å². The second-order valence-corrected chi connectivity index (χ2v) is 6.33. The van der Waals surface area contributed by atoms with Crippen molar-refractivity contribution in [3.05, 3.63) is 65.5 Å². The first-order valence-corrected chi connectivity index (χ1v) is 8.37. The first-order chi connectivity index (χ1) is 12.6. The summed E-state index contributed by atoms with van der Waals surface area (Å²) in [6, 6.07) is 12.0. The average Bonchev–Trinajstić information content (AvgIpc) is 3.12. The number of fused-ring (bicyclic) bond motifs is 3. The summed E-state index contributed by atoms with van der Waals surface area (Å²) < 4.78 is 1.75. The van der Waals surface area contributed by atoms with Crippen LogP contribution in [0.25, 0.3) is 16.6 Å². The number of carbonyl (C=O) groups is 1. The lowest BCUT2D eigenvalue weighted by molar-refractivity contribution is -0.130. The first-order valence-electron chi connectivity index (χ1n) is 8.37. The number of hydrogen-bond acceptors (Lipinski definition) is 5. The SMILES string of the molecule is CC(=O)N(Cc1cccnc1)Cc1cc2cccc(C)c2n2nnnc12. The van der Waals surface area contributed by atoms with Crippen LogP contribution in [0.15, 0.2) is 48.8 Å². The molecule has 0 spiro atoms. The van der Waals surface area contributed by atoms with Crippen LogP contribution in [0, 0.1) is 6.92 Å². The summed E-state index contributed by atoms with van der Waals surface area (Å²) in [6.07, 6.45) is 3.49. The monoisotopic (exact) mass is 346 g/mol. The van der Waals surface area contributed by atoms with Gasteiger partial charge in [-0.2, -0.15) is 4.52 Å². The highest BCUT2D eigenvalue weighted by atomic mass is 16.2. The fourth-order valence-corrected chi connectivity index (χ4v) is 3.19. The van der Waals surface area contributed by atoms with Crippen LogP contribution < -0.4 is 0 Å². The van der Waals surface area contributed by atoms with Gasteiger partial charge < -0.3 is 4.90 Å². The van der Waals surface area contributed by atoms with Gasteiger partial charge >= 0.3 is 0 Å². The van der Waals surface area contributed by atoms with Crippen molar-refractivity contribution >= 4 is 22.5 Å². The molecule has 3 aromatic heterocycles. The van der Waals surface area contributed by atoms with E-state index >= 15 is 0 Å². The summed E-state index contributed by atoms with van der Waals surface area (Å²) in [6.45, 7) is 4.52. The molecule has 26 heavy (non-hydrogen) atoms. The third kappa shape index (κ3) is 2.88. The Hall–Kier alpha value is -3.35. The third-order valence-electron chi connectivity index (χ3n) is 4.47. The van der Waals surface area contributed by atoms with Crippen molar-refractivity contribution in [3.63, 3.8) is 0 Å². The standard InChI is InChI=1S/C19H18N6O/c1-13-5-3-7-16-9-17(19-21-22-23-25(19)18(13)16)12-24(14(2)26)11-15-6-4-8-20-10-15/h3-10H,11-12H2,1-2H3. The minimum absolute atomic E-state index is 0.0104. The fourth-order valence-electron chi connectivity index (χ4n) is 3.19. The zero-order chi connectivity index (χ0) is 18.1. The van der Waals surface area contributed by atoms with Crippen LogP contribution in [0.3, 0.4) is 0 Å². The molecule has 7 nitrogen and oxygen atoms in total. The summed E-state index contributed by atoms with van der Waals surface area (Å²) in [4.78, 5) is 18.1. The van der Waals surface area contributed by atoms with Crippen molar-refractivity contribution in [1.29, 1.82) is 0 Å². The van der Waals surface area contributed by atoms with Crippen LogP contribution in [0.4, 0.5) is 0 Å². The van der Waals surface area contributed by atoms with Gasteiger partial charge in [-0.1, -0.05) is 24.3 Å². The van der Waals surface area contributed by atoms with Gasteiger partial charge in [-0.25, -0.2) is 0 Å². The third-order valence-corrected chi connectivity index (χ3v) is 4.47. The summed E-state index contributed by atoms with van der Waals surface area (Å²) in [5.41, 5.74) is 4.65. The number of benzene rings is 1. The van der Waals surface area contributed by atoms with Gasteiger partial charge in [-0.15, -0.1) is 5.10 Å². The minimum atomic E-state index is -0.0104. The first kappa shape index (κ1) is 16.1. The molecule has 0 saturated carbocycles. The molecule has 4 aromatic rings. The lowest BCUT2D eigenvalue weighted by Gasteiger charge is -2.21. The molecule has 0 N–H and O–H groups in total. The van der Waals surface area contributed by atoms with Crippen LogP contribution >= 0.6 is 0 Å². The fraction of sp³-hybridized carbons (Fsp3) is 0.211. The Kier molecular flexibility index (Phi) is 4.04. The van der Waals surface area contributed by atoms with E-state index < -0.39 is 0 Å². The maximum absolute atomic E-state index is 12.2. The van der Waals surface area contributed by atoms with Gasteiger partial charge in [0.05, 0.1) is 5.52 Å². The number of hydrogen-bond donors (Lipinski definition) is 0. The predicted octanol–water partition coefficient (Wildman–Crippen LogP) is 2.53. The number of pyridine rings is 2. The molecule has 0 unspecified atom stereocenters. The lowest BCUT2D eigenvalue weighted by Crippen LogP contribution is -2.28. The minimum Gasteiger partial charge on any atom is -0.334 e. The number of para-hydroxylation sites is 1. The van der Waals surface area contributed by atoms with Gasteiger partial charge in [0.2, 0.25) is 5.91 Å². The normalized spacial score (nSPS) is 11.2. The molecule has 0 bridgehead atoms. The van der Waals surface area contributed by atoms with Crippen LogP contribution in [-0.2, 0) is 17.9 Å². The predicted molar refractivity (Wildman–Crippen MR) is 97.2 cm³/mol. The average molecular weight is 346 g/mol. The second-order valence-electron chi connectivity index (χ2n) is 6.33. The number of amides is 1. The van der Waals surface area contributed by atoms with E-state index in [0.29, 0.717) is 18.7 Å². The van der Waals surface area contributed by atoms with Gasteiger partial charge in [0, 0.05) is 43.4 Å². The molecule has 0 radical (unpaired) electrons. The molecule has 4 rings (SSSR count). The van der Waals surface area contributed by atoms with Crippen LogP contribution in [0.5, 0.6) is 0 Å². The van der Waals surface area contributed by atoms with E-state index in [2.05, 4.69) is 26.6 Å². The van der Waals surface area contributed by atoms with E-state index in [1.54, 1.807) is 28.7 Å². The molecule has 7 heteroatoms. The molecule has 0 aliphatic carbocycles. The van der Waals surface area contributed by atoms with Gasteiger partial charge in [-0.3, -0.25) is 9.78 Å². The number of aromatic nitrogens is 5. The van der Waals surface area contributed by atoms with Crippen LogP contribution in [0.2, 0.25) is 0 Å². The van der Waals surface area contributed by atoms with E-state index in [0.717, 1.165) is 27.6 Å². The van der Waals surface area contributed by atoms with Crippen molar-refractivity contribution in [1.82, 2.24) is 29.9 Å². The molecule has 3 heterocycles. The van der Waals surface area contributed by atoms with E-state index in [1.807, 2.05) is 37.3 Å². The summed E-state index contributed by atoms with van der Waals surface area (Å²) in [5, 5.41) is 13.2. The molecule has 0 atom stereocenters. The van der Waals surface area contributed by atoms with Crippen molar-refractivity contribution in [2.45, 2.75) is 26.9 Å². The molecule has 0 saturated heterocycles. The molecular weight excluding hydrogens is 328 g/mol. The zero-order valence-corrected chi connectivity index (χ0v) is 14.6. The van der Waals surface area contributed by atoms with Crippen molar-refractivity contribution in [2.75, 3.05) is 0 Å². The Morgan fingerprint density at radius 2 is 2.08 bits per heavy atom. The van der Waals surface area contributed by atoms with Crippen molar-refractivity contribution in [2.24, 2.45) is 0 Å². The summed E-state index contributed by atoms with van der Waals surface area (Å²) >= 11 is 0. The quantitative estimate of drug-likeness (QED) is 0.567. The molecule has 1 aromatic carbocycles. The molecule has 130 valence electrons. The largest absolute Gasteiger partial charge is 0.334 e. The van der Waals surface area contributed by atoms with Gasteiger partial charge in [0.25, 0.3) is 0 Å². The summed E-state index contributed by atoms with van der Waals surface area (Å²) in [7, 11) is 0. The summed E-state index contributed by atoms with van der Waals surface area (Å²) in [5.74, 6) is -0.0104. The van der Waals surface area contributed by atoms with E-state index in [1.165, 1.54) is 0 Å². The number of rotatable bonds is 4. The molecule has 0 aliphatic rings. The van der Waals surface area contributed by atoms with Crippen molar-refractivity contribution in [3.8, 4) is 0 Å². The highest BCUT2D eigenvalue weighted by molar-refractivity contribution is 5.86. The molecule has 0 aliphatic heterocycles. The topological polar surface area (TPSA) is 76.3 Å². The molecule has 1 amide bonds. The van der Waals surface area contributed by atoms with Crippen molar-refractivity contribution < 1.29 is 4.79 Å². The Bertz CT molecular complexity index is 1090. The highest BCUT2D eigenvalue weighted by Gasteiger charge is 2.16.